The van der Waals surface area contributed by atoms with Gasteiger partial charge in [-0.1, -0.05) is 6.07 Å². The Morgan fingerprint density at radius 2 is 1.94 bits per heavy atom. The van der Waals surface area contributed by atoms with Crippen molar-refractivity contribution in [3.63, 3.8) is 0 Å². The number of amides is 1. The second kappa shape index (κ2) is 9.71. The third kappa shape index (κ3) is 5.67. The first-order valence-corrected chi connectivity index (χ1v) is 11.3. The Labute approximate surface area is 188 Å². The number of carboxylic acids is 1. The molecular formula is C21H22N4O7S. The number of aliphatic carboxylic acids is 1. The number of fused-ring (bicyclic) bond motifs is 1. The maximum atomic E-state index is 12.5. The maximum Gasteiger partial charge on any atom is 0.323 e. The van der Waals surface area contributed by atoms with Crippen molar-refractivity contribution in [1.82, 2.24) is 14.4 Å². The topological polar surface area (TPSA) is 169 Å². The highest BCUT2D eigenvalue weighted by atomic mass is 32.2. The summed E-state index contributed by atoms with van der Waals surface area (Å²) in [5.74, 6) is -1.75. The van der Waals surface area contributed by atoms with E-state index in [9.17, 15) is 27.9 Å². The number of nitrogen functional groups attached to an aromatic ring is 1. The number of ether oxygens (including phenoxy) is 1. The molecule has 1 aromatic carbocycles. The summed E-state index contributed by atoms with van der Waals surface area (Å²) in [6.07, 6.45) is 1.49. The standard InChI is InChI=1S/C21H22N4O7S/c1-2-32-16-7-6-15-8-13(9-19(26)25(15)12-16)20(27)23-11-18(21(28)29)24-33(30,31)17-5-3-4-14(22)10-17/h3-10,12,18,24H,2,11,22H2,1H3,(H,23,27)(H,28,29). The molecule has 1 unspecified atom stereocenters. The van der Waals surface area contributed by atoms with E-state index in [1.807, 2.05) is 4.72 Å². The number of hydrogen-bond donors (Lipinski definition) is 4. The third-order valence-corrected chi connectivity index (χ3v) is 6.05. The van der Waals surface area contributed by atoms with Crippen LogP contribution in [0.4, 0.5) is 5.69 Å². The van der Waals surface area contributed by atoms with Gasteiger partial charge in [-0.25, -0.2) is 8.42 Å². The molecular weight excluding hydrogens is 452 g/mol. The molecule has 0 aliphatic heterocycles. The van der Waals surface area contributed by atoms with Crippen molar-refractivity contribution < 1.29 is 27.9 Å². The second-order valence-corrected chi connectivity index (χ2v) is 8.68. The average molecular weight is 474 g/mol. The highest BCUT2D eigenvalue weighted by molar-refractivity contribution is 7.89. The molecule has 0 saturated carbocycles. The van der Waals surface area contributed by atoms with Crippen LogP contribution in [-0.2, 0) is 14.8 Å². The summed E-state index contributed by atoms with van der Waals surface area (Å²) in [5.41, 5.74) is 5.70. The Morgan fingerprint density at radius 3 is 2.61 bits per heavy atom. The van der Waals surface area contributed by atoms with Crippen LogP contribution in [-0.4, -0.2) is 49.0 Å². The van der Waals surface area contributed by atoms with E-state index in [-0.39, 0.29) is 16.1 Å². The molecule has 12 heteroatoms. The van der Waals surface area contributed by atoms with Crippen molar-refractivity contribution in [2.24, 2.45) is 0 Å². The lowest BCUT2D eigenvalue weighted by Crippen LogP contribution is -2.48. The number of aromatic nitrogens is 1. The van der Waals surface area contributed by atoms with Gasteiger partial charge >= 0.3 is 5.97 Å². The lowest BCUT2D eigenvalue weighted by Gasteiger charge is -2.16. The molecule has 1 atom stereocenters. The Kier molecular flexibility index (Phi) is 6.99. The smallest absolute Gasteiger partial charge is 0.323 e. The fourth-order valence-corrected chi connectivity index (χ4v) is 4.24. The highest BCUT2D eigenvalue weighted by Crippen LogP contribution is 2.14. The van der Waals surface area contributed by atoms with Gasteiger partial charge < -0.3 is 20.9 Å². The zero-order valence-corrected chi connectivity index (χ0v) is 18.3. The van der Waals surface area contributed by atoms with Gasteiger partial charge in [0.2, 0.25) is 10.0 Å². The van der Waals surface area contributed by atoms with Crippen LogP contribution in [0.15, 0.2) is 64.4 Å². The van der Waals surface area contributed by atoms with Gasteiger partial charge in [0.05, 0.1) is 17.7 Å². The first kappa shape index (κ1) is 23.8. The van der Waals surface area contributed by atoms with Crippen molar-refractivity contribution in [3.8, 4) is 5.75 Å². The van der Waals surface area contributed by atoms with Gasteiger partial charge in [-0.2, -0.15) is 4.72 Å². The predicted molar refractivity (Wildman–Crippen MR) is 120 cm³/mol. The summed E-state index contributed by atoms with van der Waals surface area (Å²) in [4.78, 5) is 36.3. The molecule has 0 radical (unpaired) electrons. The van der Waals surface area contributed by atoms with Gasteiger partial charge in [-0.05, 0) is 43.3 Å². The van der Waals surface area contributed by atoms with E-state index in [1.54, 1.807) is 19.1 Å². The summed E-state index contributed by atoms with van der Waals surface area (Å²) in [6, 6.07) is 9.46. The number of carbonyl (C=O) groups excluding carboxylic acids is 1. The molecule has 0 bridgehead atoms. The Balaban J connectivity index is 1.76. The molecule has 0 spiro atoms. The average Bonchev–Trinajstić information content (AvgIpc) is 2.76. The first-order valence-electron chi connectivity index (χ1n) is 9.79. The largest absolute Gasteiger partial charge is 0.492 e. The molecule has 2 aromatic heterocycles. The lowest BCUT2D eigenvalue weighted by molar-refractivity contribution is -0.138. The molecule has 174 valence electrons. The third-order valence-electron chi connectivity index (χ3n) is 4.58. The summed E-state index contributed by atoms with van der Waals surface area (Å²) in [6.45, 7) is 1.67. The number of nitrogens with two attached hydrogens (primary N) is 1. The van der Waals surface area contributed by atoms with Gasteiger partial charge in [-0.3, -0.25) is 18.8 Å². The van der Waals surface area contributed by atoms with E-state index in [2.05, 4.69) is 5.32 Å². The normalized spacial score (nSPS) is 12.3. The number of pyridine rings is 2. The molecule has 11 nitrogen and oxygen atoms in total. The maximum absolute atomic E-state index is 12.5. The lowest BCUT2D eigenvalue weighted by atomic mass is 10.2. The second-order valence-electron chi connectivity index (χ2n) is 6.97. The Hall–Kier alpha value is -3.90. The molecule has 5 N–H and O–H groups in total. The molecule has 3 rings (SSSR count). The monoisotopic (exact) mass is 474 g/mol. The van der Waals surface area contributed by atoms with Crippen molar-refractivity contribution in [1.29, 1.82) is 0 Å². The zero-order valence-electron chi connectivity index (χ0n) is 17.5. The fraction of sp³-hybridized carbons (Fsp3) is 0.190. The minimum atomic E-state index is -4.21. The van der Waals surface area contributed by atoms with Crippen molar-refractivity contribution in [2.45, 2.75) is 17.9 Å². The Bertz CT molecular complexity index is 1370. The Morgan fingerprint density at radius 1 is 1.18 bits per heavy atom. The summed E-state index contributed by atoms with van der Waals surface area (Å²) in [7, 11) is -4.21. The van der Waals surface area contributed by atoms with E-state index in [0.29, 0.717) is 17.9 Å². The van der Waals surface area contributed by atoms with Crippen molar-refractivity contribution in [2.75, 3.05) is 18.9 Å². The molecule has 0 saturated heterocycles. The van der Waals surface area contributed by atoms with Gasteiger partial charge in [0.15, 0.2) is 0 Å². The quantitative estimate of drug-likeness (QED) is 0.324. The van der Waals surface area contributed by atoms with E-state index >= 15 is 0 Å². The first-order chi connectivity index (χ1) is 15.6. The predicted octanol–water partition coefficient (Wildman–Crippen LogP) is 0.442. The number of rotatable bonds is 9. The number of carboxylic acid groups (broad SMARTS) is 1. The molecule has 2 heterocycles. The fourth-order valence-electron chi connectivity index (χ4n) is 3.00. The summed E-state index contributed by atoms with van der Waals surface area (Å²) in [5, 5.41) is 11.8. The minimum Gasteiger partial charge on any atom is -0.492 e. The number of anilines is 1. The van der Waals surface area contributed by atoms with Crippen molar-refractivity contribution in [3.05, 3.63) is 70.6 Å². The zero-order chi connectivity index (χ0) is 24.2. The van der Waals surface area contributed by atoms with Gasteiger partial charge in [0.1, 0.15) is 11.8 Å². The summed E-state index contributed by atoms with van der Waals surface area (Å²) < 4.78 is 33.7. The van der Waals surface area contributed by atoms with Gasteiger partial charge in [0, 0.05) is 29.4 Å². The number of carbonyl (C=O) groups is 2. The number of benzene rings is 1. The summed E-state index contributed by atoms with van der Waals surface area (Å²) >= 11 is 0. The number of hydrogen-bond acceptors (Lipinski definition) is 7. The van der Waals surface area contributed by atoms with Crippen LogP contribution in [0, 0.1) is 0 Å². The minimum absolute atomic E-state index is 0.00742. The van der Waals surface area contributed by atoms with Crippen LogP contribution in [0.1, 0.15) is 17.3 Å². The van der Waals surface area contributed by atoms with Crippen LogP contribution in [0.2, 0.25) is 0 Å². The van der Waals surface area contributed by atoms with Gasteiger partial charge in [0.25, 0.3) is 11.5 Å². The van der Waals surface area contributed by atoms with E-state index in [1.165, 1.54) is 40.9 Å². The molecule has 3 aromatic rings. The van der Waals surface area contributed by atoms with E-state index in [0.717, 1.165) is 6.07 Å². The van der Waals surface area contributed by atoms with Crippen LogP contribution in [0.5, 0.6) is 5.75 Å². The van der Waals surface area contributed by atoms with Crippen LogP contribution in [0.3, 0.4) is 0 Å². The number of nitrogens with one attached hydrogen (secondary N) is 2. The van der Waals surface area contributed by atoms with E-state index < -0.39 is 40.0 Å². The molecule has 0 aliphatic carbocycles. The molecule has 33 heavy (non-hydrogen) atoms. The van der Waals surface area contributed by atoms with Crippen LogP contribution < -0.4 is 26.1 Å². The highest BCUT2D eigenvalue weighted by Gasteiger charge is 2.26. The molecule has 0 aliphatic rings. The van der Waals surface area contributed by atoms with Crippen LogP contribution in [0.25, 0.3) is 5.52 Å². The number of sulfonamides is 1. The molecule has 1 amide bonds. The van der Waals surface area contributed by atoms with Crippen LogP contribution >= 0.6 is 0 Å². The van der Waals surface area contributed by atoms with Crippen molar-refractivity contribution >= 4 is 33.1 Å². The number of nitrogens with zero attached hydrogens (tertiary/aromatic N) is 1. The SMILES string of the molecule is CCOc1ccc2cc(C(=O)NCC(NS(=O)(=O)c3cccc(N)c3)C(=O)O)cc(=O)n2c1. The molecule has 0 fully saturated rings. The van der Waals surface area contributed by atoms with Gasteiger partial charge in [-0.15, -0.1) is 0 Å². The van der Waals surface area contributed by atoms with E-state index in [4.69, 9.17) is 10.5 Å².